The summed E-state index contributed by atoms with van der Waals surface area (Å²) >= 11 is -0.0562. The van der Waals surface area contributed by atoms with E-state index < -0.39 is 0 Å². The maximum absolute atomic E-state index is 7.78. The Morgan fingerprint density at radius 1 is 1.71 bits per heavy atom. The second-order valence-corrected chi connectivity index (χ2v) is 2.70. The molecule has 4 heteroatoms. The average Bonchev–Trinajstić information content (AvgIpc) is 1.69. The number of rotatable bonds is 4. The van der Waals surface area contributed by atoms with Gasteiger partial charge in [0.05, 0.1) is 0 Å². The predicted molar refractivity (Wildman–Crippen MR) is 27.9 cm³/mol. The number of hydrogen-bond donors (Lipinski definition) is 2. The van der Waals surface area contributed by atoms with E-state index in [9.17, 15) is 0 Å². The second kappa shape index (κ2) is 6.40. The molecule has 0 aliphatic carbocycles. The molecule has 0 aromatic carbocycles. The Morgan fingerprint density at radius 3 is 2.86 bits per heavy atom. The fourth-order valence-electron chi connectivity index (χ4n) is 0.180. The van der Waals surface area contributed by atoms with Crippen LogP contribution >= 0.6 is 0 Å². The summed E-state index contributed by atoms with van der Waals surface area (Å²) in [7, 11) is 0. The summed E-state index contributed by atoms with van der Waals surface area (Å²) in [5.41, 5.74) is 5.14. The van der Waals surface area contributed by atoms with Gasteiger partial charge in [-0.2, -0.15) is 0 Å². The van der Waals surface area contributed by atoms with Crippen LogP contribution in [0.2, 0.25) is 5.32 Å². The van der Waals surface area contributed by atoms with Crippen molar-refractivity contribution < 1.29 is 9.23 Å². The molecule has 0 aliphatic heterocycles. The van der Waals surface area contributed by atoms with Crippen LogP contribution in [0.1, 0.15) is 6.42 Å². The van der Waals surface area contributed by atoms with Gasteiger partial charge in [0.2, 0.25) is 0 Å². The molecule has 0 rings (SSSR count). The Hall–Kier alpha value is 0.399. The van der Waals surface area contributed by atoms with E-state index in [-0.39, 0.29) is 15.3 Å². The fraction of sp³-hybridized carbons (Fsp3) is 1.00. The molecule has 0 atom stereocenters. The zero-order valence-corrected chi connectivity index (χ0v) is 5.68. The Morgan fingerprint density at radius 2 is 2.43 bits per heavy atom. The molecule has 44 valence electrons. The molecule has 0 radical (unpaired) electrons. The Balaban J connectivity index is 2.45. The first-order chi connectivity index (χ1) is 3.41. The van der Waals surface area contributed by atoms with Gasteiger partial charge in [-0.25, -0.2) is 0 Å². The first kappa shape index (κ1) is 7.40. The molecular weight excluding hydrogens is 161 g/mol. The molecule has 7 heavy (non-hydrogen) atoms. The average molecular weight is 170 g/mol. The third-order valence-corrected chi connectivity index (χ3v) is 1.66. The Kier molecular flexibility index (Phi) is 6.76. The van der Waals surface area contributed by atoms with Crippen molar-refractivity contribution in [2.24, 2.45) is 5.73 Å². The molecule has 0 aromatic heterocycles. The molecule has 0 spiro atoms. The molecule has 0 amide bonds. The Bertz CT molecular complexity index is 32.1. The van der Waals surface area contributed by atoms with Crippen LogP contribution in [0.3, 0.4) is 0 Å². The van der Waals surface area contributed by atoms with Crippen LogP contribution in [-0.2, 0) is 3.97 Å². The monoisotopic (exact) mass is 171 g/mol. The molecule has 0 unspecified atom stereocenters. The van der Waals surface area contributed by atoms with Gasteiger partial charge in [-0.1, -0.05) is 0 Å². The molecule has 3 N–H and O–H groups in total. The van der Waals surface area contributed by atoms with Crippen molar-refractivity contribution in [2.45, 2.75) is 11.7 Å². The van der Waals surface area contributed by atoms with Gasteiger partial charge >= 0.3 is 48.5 Å². The second-order valence-electron chi connectivity index (χ2n) is 1.04. The van der Waals surface area contributed by atoms with E-state index in [0.717, 1.165) is 11.7 Å². The molecular formula is C3H9NO2Se. The normalized spacial score (nSPS) is 9.43. The summed E-state index contributed by atoms with van der Waals surface area (Å²) in [5.74, 6) is 0. The summed E-state index contributed by atoms with van der Waals surface area (Å²) in [6, 6.07) is 0. The van der Waals surface area contributed by atoms with E-state index in [1.165, 1.54) is 0 Å². The van der Waals surface area contributed by atoms with Gasteiger partial charge in [0.25, 0.3) is 0 Å². The van der Waals surface area contributed by atoms with Crippen LogP contribution in [0.5, 0.6) is 0 Å². The maximum atomic E-state index is 7.78. The summed E-state index contributed by atoms with van der Waals surface area (Å²) in [5, 5.41) is 8.68. The topological polar surface area (TPSA) is 55.5 Å². The van der Waals surface area contributed by atoms with Gasteiger partial charge in [-0.3, -0.25) is 0 Å². The van der Waals surface area contributed by atoms with Crippen LogP contribution < -0.4 is 5.73 Å². The van der Waals surface area contributed by atoms with Crippen LogP contribution in [-0.4, -0.2) is 27.1 Å². The molecule has 0 saturated heterocycles. The first-order valence-corrected chi connectivity index (χ1v) is 3.96. The van der Waals surface area contributed by atoms with Gasteiger partial charge in [-0.15, -0.1) is 0 Å². The standard InChI is InChI=1S/C3H9NO2Se/c4-2-1-3-7-6-5/h5H,1-4H2. The van der Waals surface area contributed by atoms with Crippen LogP contribution in [0.25, 0.3) is 0 Å². The SMILES string of the molecule is NCCC[Se]OO. The van der Waals surface area contributed by atoms with Crippen molar-refractivity contribution in [3.8, 4) is 0 Å². The van der Waals surface area contributed by atoms with Gasteiger partial charge in [-0.05, 0) is 0 Å². The van der Waals surface area contributed by atoms with Crippen molar-refractivity contribution in [1.29, 1.82) is 0 Å². The predicted octanol–water partition coefficient (Wildman–Crippen LogP) is -0.138. The summed E-state index contributed by atoms with van der Waals surface area (Å²) in [6.45, 7) is 0.686. The Labute approximate surface area is 49.3 Å². The van der Waals surface area contributed by atoms with E-state index in [2.05, 4.69) is 3.97 Å². The molecule has 0 bridgehead atoms. The third-order valence-electron chi connectivity index (χ3n) is 0.484. The minimum atomic E-state index is -0.0562. The zero-order valence-electron chi connectivity index (χ0n) is 3.96. The zero-order chi connectivity index (χ0) is 5.54. The summed E-state index contributed by atoms with van der Waals surface area (Å²) in [6.07, 6.45) is 0.945. The van der Waals surface area contributed by atoms with Crippen molar-refractivity contribution >= 4 is 15.3 Å². The third kappa shape index (κ3) is 6.40. The van der Waals surface area contributed by atoms with Gasteiger partial charge in [0, 0.05) is 0 Å². The van der Waals surface area contributed by atoms with E-state index in [1.807, 2.05) is 0 Å². The van der Waals surface area contributed by atoms with Gasteiger partial charge < -0.3 is 0 Å². The van der Waals surface area contributed by atoms with Crippen LogP contribution in [0.4, 0.5) is 0 Å². The van der Waals surface area contributed by atoms with E-state index in [1.54, 1.807) is 0 Å². The number of hydrogen-bond acceptors (Lipinski definition) is 3. The van der Waals surface area contributed by atoms with Crippen molar-refractivity contribution in [1.82, 2.24) is 0 Å². The van der Waals surface area contributed by atoms with Crippen LogP contribution in [0.15, 0.2) is 0 Å². The minimum absolute atomic E-state index is 0.0562. The first-order valence-electron chi connectivity index (χ1n) is 2.05. The summed E-state index contributed by atoms with van der Waals surface area (Å²) < 4.78 is 3.85. The van der Waals surface area contributed by atoms with Crippen LogP contribution in [0, 0.1) is 0 Å². The molecule has 0 fully saturated rings. The summed E-state index contributed by atoms with van der Waals surface area (Å²) in [4.78, 5) is 0. The molecule has 0 heterocycles. The quantitative estimate of drug-likeness (QED) is 0.267. The molecule has 0 saturated carbocycles. The molecule has 3 nitrogen and oxygen atoms in total. The van der Waals surface area contributed by atoms with Gasteiger partial charge in [0.1, 0.15) is 0 Å². The number of nitrogens with two attached hydrogens (primary N) is 1. The van der Waals surface area contributed by atoms with Crippen molar-refractivity contribution in [3.05, 3.63) is 0 Å². The fourth-order valence-corrected chi connectivity index (χ4v) is 0.933. The van der Waals surface area contributed by atoms with Gasteiger partial charge in [0.15, 0.2) is 0 Å². The van der Waals surface area contributed by atoms with E-state index >= 15 is 0 Å². The van der Waals surface area contributed by atoms with E-state index in [0.29, 0.717) is 6.54 Å². The van der Waals surface area contributed by atoms with Crippen molar-refractivity contribution in [2.75, 3.05) is 6.54 Å². The molecule has 0 aromatic rings. The van der Waals surface area contributed by atoms with E-state index in [4.69, 9.17) is 11.0 Å². The molecule has 0 aliphatic rings. The van der Waals surface area contributed by atoms with Crippen molar-refractivity contribution in [3.63, 3.8) is 0 Å².